The van der Waals surface area contributed by atoms with Crippen molar-refractivity contribution >= 4 is 27.5 Å². The van der Waals surface area contributed by atoms with E-state index in [1.807, 2.05) is 35.7 Å². The van der Waals surface area contributed by atoms with Crippen LogP contribution in [0, 0.1) is 5.82 Å². The molecule has 4 aromatic rings. The van der Waals surface area contributed by atoms with Crippen molar-refractivity contribution in [3.63, 3.8) is 0 Å². The van der Waals surface area contributed by atoms with Crippen LogP contribution in [0.1, 0.15) is 21.6 Å². The SMILES string of the molecule is O=C(NCc1cccc(F)c1)c1cc2sccc2n1CCc1ccccc1. The molecule has 2 heterocycles. The third-order valence-electron chi connectivity index (χ3n) is 4.56. The van der Waals surface area contributed by atoms with Gasteiger partial charge in [0.1, 0.15) is 11.5 Å². The van der Waals surface area contributed by atoms with Crippen LogP contribution in [0.3, 0.4) is 0 Å². The maximum absolute atomic E-state index is 13.3. The molecule has 0 aliphatic carbocycles. The zero-order valence-corrected chi connectivity index (χ0v) is 15.5. The van der Waals surface area contributed by atoms with Crippen molar-refractivity contribution < 1.29 is 9.18 Å². The number of hydrogen-bond acceptors (Lipinski definition) is 2. The van der Waals surface area contributed by atoms with Crippen LogP contribution in [0.25, 0.3) is 10.2 Å². The molecule has 0 aliphatic rings. The van der Waals surface area contributed by atoms with Gasteiger partial charge in [0.2, 0.25) is 0 Å². The molecule has 2 aromatic heterocycles. The Bertz CT molecular complexity index is 1070. The number of thiophene rings is 1. The van der Waals surface area contributed by atoms with E-state index in [-0.39, 0.29) is 11.7 Å². The van der Waals surface area contributed by atoms with Crippen LogP contribution in [-0.4, -0.2) is 10.5 Å². The molecule has 4 rings (SSSR count). The Morgan fingerprint density at radius 2 is 1.81 bits per heavy atom. The number of halogens is 1. The highest BCUT2D eigenvalue weighted by atomic mass is 32.1. The fourth-order valence-corrected chi connectivity index (χ4v) is 4.03. The van der Waals surface area contributed by atoms with E-state index in [2.05, 4.69) is 22.0 Å². The van der Waals surface area contributed by atoms with Gasteiger partial charge in [-0.05, 0) is 47.2 Å². The lowest BCUT2D eigenvalue weighted by Crippen LogP contribution is -2.25. The van der Waals surface area contributed by atoms with E-state index in [0.29, 0.717) is 12.2 Å². The van der Waals surface area contributed by atoms with Crippen molar-refractivity contribution in [2.45, 2.75) is 19.5 Å². The van der Waals surface area contributed by atoms with Crippen LogP contribution in [0.15, 0.2) is 72.1 Å². The van der Waals surface area contributed by atoms with Gasteiger partial charge in [0.25, 0.3) is 5.91 Å². The third-order valence-corrected chi connectivity index (χ3v) is 5.42. The molecule has 5 heteroatoms. The van der Waals surface area contributed by atoms with Crippen LogP contribution < -0.4 is 5.32 Å². The lowest BCUT2D eigenvalue weighted by atomic mass is 10.1. The van der Waals surface area contributed by atoms with Gasteiger partial charge in [0.05, 0.1) is 10.2 Å². The highest BCUT2D eigenvalue weighted by Crippen LogP contribution is 2.26. The maximum atomic E-state index is 13.3. The van der Waals surface area contributed by atoms with Crippen LogP contribution in [0.4, 0.5) is 4.39 Å². The molecule has 0 atom stereocenters. The van der Waals surface area contributed by atoms with E-state index in [0.717, 1.165) is 28.7 Å². The van der Waals surface area contributed by atoms with Crippen molar-refractivity contribution in [2.75, 3.05) is 0 Å². The number of aromatic nitrogens is 1. The summed E-state index contributed by atoms with van der Waals surface area (Å²) in [6, 6.07) is 20.5. The summed E-state index contributed by atoms with van der Waals surface area (Å²) in [4.78, 5) is 12.8. The first-order valence-electron chi connectivity index (χ1n) is 8.84. The van der Waals surface area contributed by atoms with Gasteiger partial charge in [-0.1, -0.05) is 42.5 Å². The molecule has 2 aromatic carbocycles. The first kappa shape index (κ1) is 17.5. The first-order valence-corrected chi connectivity index (χ1v) is 9.72. The number of hydrogen-bond donors (Lipinski definition) is 1. The van der Waals surface area contributed by atoms with Crippen molar-refractivity contribution in [3.05, 3.63) is 94.7 Å². The normalized spacial score (nSPS) is 11.0. The predicted molar refractivity (Wildman–Crippen MR) is 108 cm³/mol. The second kappa shape index (κ2) is 7.76. The Morgan fingerprint density at radius 1 is 1.00 bits per heavy atom. The van der Waals surface area contributed by atoms with Crippen LogP contribution >= 0.6 is 11.3 Å². The zero-order valence-electron chi connectivity index (χ0n) is 14.7. The average Bonchev–Trinajstić information content (AvgIpc) is 3.27. The van der Waals surface area contributed by atoms with Gasteiger partial charge in [-0.3, -0.25) is 4.79 Å². The molecule has 0 aliphatic heterocycles. The summed E-state index contributed by atoms with van der Waals surface area (Å²) < 4.78 is 16.5. The van der Waals surface area contributed by atoms with Crippen molar-refractivity contribution in [1.29, 1.82) is 0 Å². The largest absolute Gasteiger partial charge is 0.347 e. The van der Waals surface area contributed by atoms with Crippen LogP contribution in [0.5, 0.6) is 0 Å². The fourth-order valence-electron chi connectivity index (χ4n) is 3.21. The van der Waals surface area contributed by atoms with Gasteiger partial charge >= 0.3 is 0 Å². The molecule has 136 valence electrons. The molecule has 1 N–H and O–H groups in total. The minimum Gasteiger partial charge on any atom is -0.347 e. The van der Waals surface area contributed by atoms with E-state index < -0.39 is 0 Å². The van der Waals surface area contributed by atoms with Gasteiger partial charge in [-0.15, -0.1) is 11.3 Å². The minimum absolute atomic E-state index is 0.143. The molecule has 0 radical (unpaired) electrons. The number of amides is 1. The second-order valence-corrected chi connectivity index (χ2v) is 7.35. The number of aryl methyl sites for hydroxylation is 2. The fraction of sp³-hybridized carbons (Fsp3) is 0.136. The van der Waals surface area contributed by atoms with E-state index in [9.17, 15) is 9.18 Å². The van der Waals surface area contributed by atoms with Crippen LogP contribution in [-0.2, 0) is 19.5 Å². The smallest absolute Gasteiger partial charge is 0.268 e. The highest BCUT2D eigenvalue weighted by Gasteiger charge is 2.16. The topological polar surface area (TPSA) is 34.0 Å². The Hall–Kier alpha value is -2.92. The molecule has 0 fully saturated rings. The van der Waals surface area contributed by atoms with E-state index >= 15 is 0 Å². The minimum atomic E-state index is -0.298. The van der Waals surface area contributed by atoms with Gasteiger partial charge in [-0.25, -0.2) is 4.39 Å². The Labute approximate surface area is 161 Å². The number of carbonyl (C=O) groups is 1. The molecule has 1 amide bonds. The average molecular weight is 378 g/mol. The summed E-state index contributed by atoms with van der Waals surface area (Å²) >= 11 is 1.63. The number of nitrogens with zero attached hydrogens (tertiary/aromatic N) is 1. The molecule has 0 saturated carbocycles. The quantitative estimate of drug-likeness (QED) is 0.502. The Balaban J connectivity index is 1.53. The summed E-state index contributed by atoms with van der Waals surface area (Å²) in [5, 5.41) is 4.95. The second-order valence-electron chi connectivity index (χ2n) is 6.40. The van der Waals surface area contributed by atoms with Gasteiger partial charge in [-0.2, -0.15) is 0 Å². The summed E-state index contributed by atoms with van der Waals surface area (Å²) in [6.45, 7) is 1.03. The Morgan fingerprint density at radius 3 is 2.63 bits per heavy atom. The molecule has 3 nitrogen and oxygen atoms in total. The van der Waals surface area contributed by atoms with Gasteiger partial charge < -0.3 is 9.88 Å². The van der Waals surface area contributed by atoms with Crippen molar-refractivity contribution in [1.82, 2.24) is 9.88 Å². The number of nitrogens with one attached hydrogen (secondary N) is 1. The molecule has 27 heavy (non-hydrogen) atoms. The summed E-state index contributed by atoms with van der Waals surface area (Å²) in [6.07, 6.45) is 0.852. The molecular weight excluding hydrogens is 359 g/mol. The lowest BCUT2D eigenvalue weighted by Gasteiger charge is -2.11. The first-order chi connectivity index (χ1) is 13.2. The summed E-state index contributed by atoms with van der Waals surface area (Å²) in [5.41, 5.74) is 3.70. The molecule has 0 bridgehead atoms. The summed E-state index contributed by atoms with van der Waals surface area (Å²) in [7, 11) is 0. The predicted octanol–water partition coefficient (Wildman–Crippen LogP) is 5.01. The Kier molecular flexibility index (Phi) is 5.03. The third kappa shape index (κ3) is 3.93. The maximum Gasteiger partial charge on any atom is 0.268 e. The van der Waals surface area contributed by atoms with E-state index in [4.69, 9.17) is 0 Å². The van der Waals surface area contributed by atoms with Crippen LogP contribution in [0.2, 0.25) is 0 Å². The number of fused-ring (bicyclic) bond motifs is 1. The molecule has 0 spiro atoms. The van der Waals surface area contributed by atoms with Gasteiger partial charge in [0.15, 0.2) is 0 Å². The zero-order chi connectivity index (χ0) is 18.6. The van der Waals surface area contributed by atoms with Crippen molar-refractivity contribution in [3.8, 4) is 0 Å². The van der Waals surface area contributed by atoms with E-state index in [1.54, 1.807) is 23.5 Å². The lowest BCUT2D eigenvalue weighted by molar-refractivity contribution is 0.0942. The number of benzene rings is 2. The monoisotopic (exact) mass is 378 g/mol. The number of carbonyl (C=O) groups excluding carboxylic acids is 1. The van der Waals surface area contributed by atoms with E-state index in [1.165, 1.54) is 17.7 Å². The molecule has 0 saturated heterocycles. The highest BCUT2D eigenvalue weighted by molar-refractivity contribution is 7.17. The molecular formula is C22H19FN2OS. The number of rotatable bonds is 6. The molecule has 0 unspecified atom stereocenters. The summed E-state index contributed by atoms with van der Waals surface area (Å²) in [5.74, 6) is -0.441. The standard InChI is InChI=1S/C22H19FN2OS/c23-18-8-4-7-17(13-18)15-24-22(26)20-14-21-19(10-12-27-21)25(20)11-9-16-5-2-1-3-6-16/h1-8,10,12-14H,9,11,15H2,(H,24,26). The van der Waals surface area contributed by atoms with Crippen molar-refractivity contribution in [2.24, 2.45) is 0 Å². The van der Waals surface area contributed by atoms with Gasteiger partial charge in [0, 0.05) is 13.1 Å².